The van der Waals surface area contributed by atoms with Gasteiger partial charge in [0.2, 0.25) is 0 Å². The summed E-state index contributed by atoms with van der Waals surface area (Å²) >= 11 is 5.97. The number of carbonyl (C=O) groups excluding carboxylic acids is 1. The fourth-order valence-corrected chi connectivity index (χ4v) is 2.42. The van der Waals surface area contributed by atoms with Crippen LogP contribution in [0.2, 0.25) is 5.02 Å². The molecular weight excluding hydrogens is 314 g/mol. The van der Waals surface area contributed by atoms with Gasteiger partial charge >= 0.3 is 0 Å². The highest BCUT2D eigenvalue weighted by Gasteiger charge is 2.12. The topological polar surface area (TPSA) is 64.7 Å². The molecule has 118 valence electrons. The zero-order chi connectivity index (χ0) is 16.4. The highest BCUT2D eigenvalue weighted by molar-refractivity contribution is 6.30. The molecule has 2 heterocycles. The number of benzene rings is 1. The Kier molecular flexibility index (Phi) is 4.16. The van der Waals surface area contributed by atoms with E-state index in [1.807, 2.05) is 31.2 Å². The monoisotopic (exact) mass is 329 g/mol. The van der Waals surface area contributed by atoms with E-state index in [-0.39, 0.29) is 5.91 Å². The zero-order valence-electron chi connectivity index (χ0n) is 12.8. The Labute approximate surface area is 138 Å². The van der Waals surface area contributed by atoms with Gasteiger partial charge in [-0.2, -0.15) is 10.2 Å². The molecule has 1 aromatic carbocycles. The van der Waals surface area contributed by atoms with Crippen LogP contribution in [0.1, 0.15) is 21.7 Å². The molecule has 6 nitrogen and oxygen atoms in total. The molecule has 2 aromatic heterocycles. The highest BCUT2D eigenvalue weighted by Crippen LogP contribution is 2.13. The lowest BCUT2D eigenvalue weighted by Gasteiger charge is -2.02. The first-order chi connectivity index (χ1) is 11.0. The van der Waals surface area contributed by atoms with E-state index in [1.165, 1.54) is 0 Å². The Hall–Kier alpha value is -2.60. The predicted octanol–water partition coefficient (Wildman–Crippen LogP) is 2.88. The Morgan fingerprint density at radius 3 is 2.87 bits per heavy atom. The second-order valence-electron chi connectivity index (χ2n) is 5.31. The van der Waals surface area contributed by atoms with Crippen LogP contribution < -0.4 is 5.32 Å². The van der Waals surface area contributed by atoms with Crippen LogP contribution in [0.25, 0.3) is 0 Å². The molecule has 0 atom stereocenters. The number of hydrogen-bond acceptors (Lipinski definition) is 3. The summed E-state index contributed by atoms with van der Waals surface area (Å²) < 4.78 is 3.41. The molecule has 0 fully saturated rings. The standard InChI is InChI=1S/C16H16ClN5O/c1-11-6-15(20-21(11)2)16(23)19-14-8-18-22(10-14)9-12-4-3-5-13(17)7-12/h3-8,10H,9H2,1-2H3,(H,19,23). The van der Waals surface area contributed by atoms with E-state index in [9.17, 15) is 4.79 Å². The fourth-order valence-electron chi connectivity index (χ4n) is 2.20. The van der Waals surface area contributed by atoms with Crippen molar-refractivity contribution in [1.82, 2.24) is 19.6 Å². The summed E-state index contributed by atoms with van der Waals surface area (Å²) in [6.45, 7) is 2.48. The molecule has 0 unspecified atom stereocenters. The summed E-state index contributed by atoms with van der Waals surface area (Å²) in [6.07, 6.45) is 3.38. The van der Waals surface area contributed by atoms with Gasteiger partial charge in [0, 0.05) is 24.0 Å². The number of amides is 1. The summed E-state index contributed by atoms with van der Waals surface area (Å²) in [6, 6.07) is 9.33. The maximum absolute atomic E-state index is 12.2. The fraction of sp³-hybridized carbons (Fsp3) is 0.188. The normalized spacial score (nSPS) is 10.7. The predicted molar refractivity (Wildman–Crippen MR) is 88.7 cm³/mol. The lowest BCUT2D eigenvalue weighted by Crippen LogP contribution is -2.12. The van der Waals surface area contributed by atoms with Crippen LogP contribution in [0.4, 0.5) is 5.69 Å². The number of carbonyl (C=O) groups is 1. The van der Waals surface area contributed by atoms with E-state index in [4.69, 9.17) is 11.6 Å². The smallest absolute Gasteiger partial charge is 0.276 e. The SMILES string of the molecule is Cc1cc(C(=O)Nc2cnn(Cc3cccc(Cl)c3)c2)nn1C. The molecule has 3 aromatic rings. The third-order valence-electron chi connectivity index (χ3n) is 3.47. The Morgan fingerprint density at radius 2 is 2.17 bits per heavy atom. The number of aromatic nitrogens is 4. The van der Waals surface area contributed by atoms with Crippen LogP contribution in [0, 0.1) is 6.92 Å². The van der Waals surface area contributed by atoms with Crippen molar-refractivity contribution < 1.29 is 4.79 Å². The number of nitrogens with zero attached hydrogens (tertiary/aromatic N) is 4. The highest BCUT2D eigenvalue weighted by atomic mass is 35.5. The van der Waals surface area contributed by atoms with Gasteiger partial charge in [-0.1, -0.05) is 23.7 Å². The van der Waals surface area contributed by atoms with Crippen LogP contribution in [0.5, 0.6) is 0 Å². The van der Waals surface area contributed by atoms with Gasteiger partial charge in [0.1, 0.15) is 0 Å². The van der Waals surface area contributed by atoms with E-state index in [0.29, 0.717) is 22.9 Å². The number of hydrogen-bond donors (Lipinski definition) is 1. The molecule has 0 aliphatic carbocycles. The molecule has 0 aliphatic heterocycles. The molecule has 1 amide bonds. The molecule has 0 radical (unpaired) electrons. The first-order valence-electron chi connectivity index (χ1n) is 7.10. The van der Waals surface area contributed by atoms with Crippen molar-refractivity contribution >= 4 is 23.2 Å². The van der Waals surface area contributed by atoms with Gasteiger partial charge in [-0.15, -0.1) is 0 Å². The maximum atomic E-state index is 12.2. The van der Waals surface area contributed by atoms with Crippen LogP contribution in [0.15, 0.2) is 42.7 Å². The maximum Gasteiger partial charge on any atom is 0.276 e. The van der Waals surface area contributed by atoms with Crippen molar-refractivity contribution in [2.75, 3.05) is 5.32 Å². The van der Waals surface area contributed by atoms with Crippen LogP contribution in [0.3, 0.4) is 0 Å². The van der Waals surface area contributed by atoms with E-state index in [1.54, 1.807) is 34.9 Å². The molecule has 0 spiro atoms. The van der Waals surface area contributed by atoms with Crippen molar-refractivity contribution in [2.24, 2.45) is 7.05 Å². The van der Waals surface area contributed by atoms with Crippen molar-refractivity contribution in [2.45, 2.75) is 13.5 Å². The largest absolute Gasteiger partial charge is 0.318 e. The lowest BCUT2D eigenvalue weighted by atomic mass is 10.2. The second-order valence-corrected chi connectivity index (χ2v) is 5.74. The summed E-state index contributed by atoms with van der Waals surface area (Å²) in [4.78, 5) is 12.2. The summed E-state index contributed by atoms with van der Waals surface area (Å²) in [5.74, 6) is -0.254. The minimum Gasteiger partial charge on any atom is -0.318 e. The number of nitrogens with one attached hydrogen (secondary N) is 1. The average Bonchev–Trinajstić information content (AvgIpc) is 3.06. The van der Waals surface area contributed by atoms with Crippen molar-refractivity contribution in [3.8, 4) is 0 Å². The third kappa shape index (κ3) is 3.60. The van der Waals surface area contributed by atoms with Gasteiger partial charge in [-0.05, 0) is 30.7 Å². The first-order valence-corrected chi connectivity index (χ1v) is 7.48. The van der Waals surface area contributed by atoms with Crippen LogP contribution in [-0.2, 0) is 13.6 Å². The van der Waals surface area contributed by atoms with E-state index in [2.05, 4.69) is 15.5 Å². The summed E-state index contributed by atoms with van der Waals surface area (Å²) in [5.41, 5.74) is 2.97. The second kappa shape index (κ2) is 6.26. The number of aryl methyl sites for hydroxylation is 2. The summed E-state index contributed by atoms with van der Waals surface area (Å²) in [7, 11) is 1.80. The lowest BCUT2D eigenvalue weighted by molar-refractivity contribution is 0.102. The number of halogens is 1. The van der Waals surface area contributed by atoms with Gasteiger partial charge in [-0.25, -0.2) is 0 Å². The van der Waals surface area contributed by atoms with Gasteiger partial charge in [0.15, 0.2) is 5.69 Å². The van der Waals surface area contributed by atoms with Gasteiger partial charge < -0.3 is 5.32 Å². The van der Waals surface area contributed by atoms with Crippen LogP contribution in [-0.4, -0.2) is 25.5 Å². The zero-order valence-corrected chi connectivity index (χ0v) is 13.6. The Bertz CT molecular complexity index is 832. The molecule has 7 heteroatoms. The van der Waals surface area contributed by atoms with Gasteiger partial charge in [-0.3, -0.25) is 14.2 Å². The number of rotatable bonds is 4. The van der Waals surface area contributed by atoms with Crippen molar-refractivity contribution in [3.05, 3.63) is 64.7 Å². The molecule has 0 bridgehead atoms. The van der Waals surface area contributed by atoms with E-state index < -0.39 is 0 Å². The Balaban J connectivity index is 1.68. The third-order valence-corrected chi connectivity index (χ3v) is 3.71. The van der Waals surface area contributed by atoms with E-state index >= 15 is 0 Å². The molecular formula is C16H16ClN5O. The minimum absolute atomic E-state index is 0.254. The Morgan fingerprint density at radius 1 is 1.35 bits per heavy atom. The number of anilines is 1. The minimum atomic E-state index is -0.254. The van der Waals surface area contributed by atoms with Gasteiger partial charge in [0.25, 0.3) is 5.91 Å². The molecule has 3 rings (SSSR count). The van der Waals surface area contributed by atoms with Crippen molar-refractivity contribution in [1.29, 1.82) is 0 Å². The van der Waals surface area contributed by atoms with E-state index in [0.717, 1.165) is 11.3 Å². The quantitative estimate of drug-likeness (QED) is 0.800. The van der Waals surface area contributed by atoms with Crippen LogP contribution >= 0.6 is 11.6 Å². The average molecular weight is 330 g/mol. The van der Waals surface area contributed by atoms with Gasteiger partial charge in [0.05, 0.1) is 18.4 Å². The molecule has 0 saturated carbocycles. The van der Waals surface area contributed by atoms with Crippen molar-refractivity contribution in [3.63, 3.8) is 0 Å². The molecule has 23 heavy (non-hydrogen) atoms. The molecule has 0 saturated heterocycles. The first kappa shape index (κ1) is 15.3. The molecule has 0 aliphatic rings. The molecule has 1 N–H and O–H groups in total. The summed E-state index contributed by atoms with van der Waals surface area (Å²) in [5, 5.41) is 11.9.